The summed E-state index contributed by atoms with van der Waals surface area (Å²) in [4.78, 5) is 36.5. The highest BCUT2D eigenvalue weighted by molar-refractivity contribution is 6.31. The molecule has 1 aliphatic heterocycles. The van der Waals surface area contributed by atoms with E-state index < -0.39 is 0 Å². The van der Waals surface area contributed by atoms with Crippen LogP contribution in [0, 0.1) is 0 Å². The molecular formula is C25H21ClN4O2. The minimum absolute atomic E-state index is 0.0445. The molecule has 2 amide bonds. The van der Waals surface area contributed by atoms with Crippen LogP contribution < -0.4 is 10.2 Å². The summed E-state index contributed by atoms with van der Waals surface area (Å²) in [5.41, 5.74) is 5.27. The van der Waals surface area contributed by atoms with Crippen LogP contribution in [0.15, 0.2) is 65.8 Å². The second kappa shape index (κ2) is 8.55. The summed E-state index contributed by atoms with van der Waals surface area (Å²) >= 11 is 6.14. The molecule has 1 aliphatic carbocycles. The van der Waals surface area contributed by atoms with Crippen LogP contribution in [0.4, 0.5) is 17.2 Å². The maximum Gasteiger partial charge on any atom is 0.244 e. The van der Waals surface area contributed by atoms with E-state index >= 15 is 0 Å². The summed E-state index contributed by atoms with van der Waals surface area (Å²) < 4.78 is 0. The van der Waals surface area contributed by atoms with E-state index in [-0.39, 0.29) is 24.8 Å². The number of aryl methyl sites for hydroxylation is 2. The van der Waals surface area contributed by atoms with Gasteiger partial charge in [0.25, 0.3) is 0 Å². The first-order chi connectivity index (χ1) is 15.6. The quantitative estimate of drug-likeness (QED) is 0.632. The molecule has 1 N–H and O–H groups in total. The van der Waals surface area contributed by atoms with Crippen molar-refractivity contribution in [3.8, 4) is 0 Å². The van der Waals surface area contributed by atoms with Gasteiger partial charge in [-0.05, 0) is 72.4 Å². The van der Waals surface area contributed by atoms with Crippen LogP contribution in [0.5, 0.6) is 0 Å². The van der Waals surface area contributed by atoms with Crippen molar-refractivity contribution >= 4 is 46.3 Å². The number of fused-ring (bicyclic) bond motifs is 2. The first-order valence-electron chi connectivity index (χ1n) is 10.6. The zero-order valence-electron chi connectivity index (χ0n) is 17.3. The van der Waals surface area contributed by atoms with Gasteiger partial charge >= 0.3 is 0 Å². The fourth-order valence-corrected chi connectivity index (χ4v) is 4.41. The van der Waals surface area contributed by atoms with E-state index in [4.69, 9.17) is 11.6 Å². The highest BCUT2D eigenvalue weighted by atomic mass is 35.5. The number of carbonyl (C=O) groups is 2. The molecule has 0 bridgehead atoms. The van der Waals surface area contributed by atoms with Crippen molar-refractivity contribution in [2.45, 2.75) is 25.7 Å². The molecule has 1 aromatic heterocycles. The number of hydrogen-bond donors (Lipinski definition) is 1. The first kappa shape index (κ1) is 20.4. The Balaban J connectivity index is 1.39. The number of anilines is 2. The number of rotatable bonds is 4. The van der Waals surface area contributed by atoms with E-state index in [1.807, 2.05) is 24.3 Å². The van der Waals surface area contributed by atoms with E-state index in [9.17, 15) is 9.59 Å². The van der Waals surface area contributed by atoms with E-state index in [0.717, 1.165) is 30.5 Å². The molecule has 3 aromatic rings. The van der Waals surface area contributed by atoms with Crippen LogP contribution in [0.1, 0.15) is 29.5 Å². The fourth-order valence-electron chi connectivity index (χ4n) is 4.22. The molecule has 0 spiro atoms. The molecular weight excluding hydrogens is 424 g/mol. The van der Waals surface area contributed by atoms with E-state index in [1.165, 1.54) is 16.0 Å². The summed E-state index contributed by atoms with van der Waals surface area (Å²) in [6.07, 6.45) is 4.90. The van der Waals surface area contributed by atoms with E-state index in [0.29, 0.717) is 22.2 Å². The number of aromatic nitrogens is 1. The smallest absolute Gasteiger partial charge is 0.244 e. The Labute approximate surface area is 191 Å². The molecule has 7 heteroatoms. The van der Waals surface area contributed by atoms with E-state index in [2.05, 4.69) is 21.4 Å². The van der Waals surface area contributed by atoms with Crippen LogP contribution in [-0.4, -0.2) is 29.1 Å². The van der Waals surface area contributed by atoms with Crippen LogP contribution in [-0.2, 0) is 22.4 Å². The van der Waals surface area contributed by atoms with Gasteiger partial charge in [-0.1, -0.05) is 29.8 Å². The number of carbonyl (C=O) groups excluding carboxylic acids is 2. The van der Waals surface area contributed by atoms with Gasteiger partial charge in [-0.15, -0.1) is 0 Å². The van der Waals surface area contributed by atoms with Gasteiger partial charge in [0.15, 0.2) is 5.82 Å². The lowest BCUT2D eigenvalue weighted by Gasteiger charge is -2.20. The largest absolute Gasteiger partial charge is 0.325 e. The monoisotopic (exact) mass is 444 g/mol. The normalized spacial score (nSPS) is 15.0. The zero-order chi connectivity index (χ0) is 22.1. The Morgan fingerprint density at radius 3 is 2.81 bits per heavy atom. The number of aliphatic imine (C=N–C) groups is 1. The molecule has 0 atom stereocenters. The van der Waals surface area contributed by atoms with Crippen molar-refractivity contribution < 1.29 is 9.59 Å². The van der Waals surface area contributed by atoms with Crippen molar-refractivity contribution in [1.82, 2.24) is 4.98 Å². The summed E-state index contributed by atoms with van der Waals surface area (Å²) in [5, 5.41) is 3.49. The summed E-state index contributed by atoms with van der Waals surface area (Å²) in [7, 11) is 0. The number of amides is 2. The minimum atomic E-state index is -0.279. The third kappa shape index (κ3) is 4.14. The Hall–Kier alpha value is -3.51. The first-order valence-corrected chi connectivity index (χ1v) is 11.0. The summed E-state index contributed by atoms with van der Waals surface area (Å²) in [6, 6.07) is 16.8. The van der Waals surface area contributed by atoms with Gasteiger partial charge in [-0.2, -0.15) is 0 Å². The number of pyridine rings is 1. The molecule has 2 aliphatic rings. The third-order valence-corrected chi connectivity index (χ3v) is 5.97. The SMILES string of the molecule is O=C(CN1C(=O)CC(c2cccc(Cl)c2)=Nc2cccnc21)Nc1ccc2c(c1)CCC2. The minimum Gasteiger partial charge on any atom is -0.325 e. The van der Waals surface area contributed by atoms with Gasteiger partial charge in [0.05, 0.1) is 12.1 Å². The van der Waals surface area contributed by atoms with Crippen molar-refractivity contribution in [3.63, 3.8) is 0 Å². The number of benzene rings is 2. The lowest BCUT2D eigenvalue weighted by molar-refractivity contribution is -0.120. The summed E-state index contributed by atoms with van der Waals surface area (Å²) in [6.45, 7) is -0.141. The number of nitrogens with zero attached hydrogens (tertiary/aromatic N) is 3. The maximum absolute atomic E-state index is 13.2. The molecule has 32 heavy (non-hydrogen) atoms. The van der Waals surface area contributed by atoms with Gasteiger partial charge in [0, 0.05) is 16.9 Å². The zero-order valence-corrected chi connectivity index (χ0v) is 18.1. The Morgan fingerprint density at radius 2 is 1.94 bits per heavy atom. The molecule has 2 heterocycles. The molecule has 0 saturated heterocycles. The highest BCUT2D eigenvalue weighted by Gasteiger charge is 2.28. The van der Waals surface area contributed by atoms with Crippen LogP contribution >= 0.6 is 11.6 Å². The lowest BCUT2D eigenvalue weighted by atomic mass is 10.1. The van der Waals surface area contributed by atoms with Crippen molar-refractivity contribution in [2.24, 2.45) is 4.99 Å². The van der Waals surface area contributed by atoms with Crippen LogP contribution in [0.25, 0.3) is 0 Å². The van der Waals surface area contributed by atoms with Gasteiger partial charge < -0.3 is 5.32 Å². The molecule has 0 radical (unpaired) electrons. The van der Waals surface area contributed by atoms with Crippen molar-refractivity contribution in [1.29, 1.82) is 0 Å². The molecule has 0 saturated carbocycles. The molecule has 0 unspecified atom stereocenters. The van der Waals surface area contributed by atoms with Gasteiger partial charge in [0.1, 0.15) is 12.2 Å². The second-order valence-electron chi connectivity index (χ2n) is 7.96. The van der Waals surface area contributed by atoms with Crippen LogP contribution in [0.3, 0.4) is 0 Å². The predicted molar refractivity (Wildman–Crippen MR) is 126 cm³/mol. The number of nitrogens with one attached hydrogen (secondary N) is 1. The topological polar surface area (TPSA) is 74.7 Å². The molecule has 5 rings (SSSR count). The van der Waals surface area contributed by atoms with Crippen molar-refractivity contribution in [2.75, 3.05) is 16.8 Å². The highest BCUT2D eigenvalue weighted by Crippen LogP contribution is 2.31. The lowest BCUT2D eigenvalue weighted by Crippen LogP contribution is -2.39. The Morgan fingerprint density at radius 1 is 1.06 bits per heavy atom. The third-order valence-electron chi connectivity index (χ3n) is 5.74. The average molecular weight is 445 g/mol. The van der Waals surface area contributed by atoms with Gasteiger partial charge in [0.2, 0.25) is 11.8 Å². The molecule has 6 nitrogen and oxygen atoms in total. The molecule has 160 valence electrons. The second-order valence-corrected chi connectivity index (χ2v) is 8.39. The standard InChI is InChI=1S/C25H21ClN4O2/c26-19-7-2-6-18(12-19)22-14-24(32)30(25-21(29-22)8-3-11-27-25)15-23(31)28-20-10-9-16-4-1-5-17(16)13-20/h2-3,6-13H,1,4-5,14-15H2,(H,28,31). The Kier molecular flexibility index (Phi) is 5.45. The van der Waals surface area contributed by atoms with Crippen LogP contribution in [0.2, 0.25) is 5.02 Å². The van der Waals surface area contributed by atoms with Crippen molar-refractivity contribution in [3.05, 3.63) is 82.5 Å². The van der Waals surface area contributed by atoms with E-state index in [1.54, 1.807) is 30.5 Å². The maximum atomic E-state index is 13.2. The Bertz CT molecular complexity index is 1250. The summed E-state index contributed by atoms with van der Waals surface area (Å²) in [5.74, 6) is -0.150. The number of halogens is 1. The molecule has 0 fully saturated rings. The molecule has 2 aromatic carbocycles. The average Bonchev–Trinajstić information content (AvgIpc) is 3.20. The fraction of sp³-hybridized carbons (Fsp3) is 0.200. The van der Waals surface area contributed by atoms with Gasteiger partial charge in [-0.3, -0.25) is 14.5 Å². The van der Waals surface area contributed by atoms with Gasteiger partial charge in [-0.25, -0.2) is 9.98 Å². The number of hydrogen-bond acceptors (Lipinski definition) is 4. The predicted octanol–water partition coefficient (Wildman–Crippen LogP) is 4.72.